The van der Waals surface area contributed by atoms with E-state index in [0.717, 1.165) is 29.7 Å². The van der Waals surface area contributed by atoms with Crippen molar-refractivity contribution in [2.45, 2.75) is 25.7 Å². The van der Waals surface area contributed by atoms with Crippen LogP contribution in [0.15, 0.2) is 40.5 Å². The topological polar surface area (TPSA) is 47.2 Å². The molecule has 0 aliphatic heterocycles. The van der Waals surface area contributed by atoms with Gasteiger partial charge in [0.2, 0.25) is 0 Å². The molecule has 1 aliphatic rings. The van der Waals surface area contributed by atoms with Gasteiger partial charge in [0.15, 0.2) is 0 Å². The van der Waals surface area contributed by atoms with E-state index in [0.29, 0.717) is 10.9 Å². The second kappa shape index (κ2) is 5.70. The normalized spacial score (nSPS) is 14.5. The number of rotatable bonds is 2. The summed E-state index contributed by atoms with van der Waals surface area (Å²) in [5.41, 5.74) is 1.29. The first-order valence-corrected chi connectivity index (χ1v) is 8.36. The highest BCUT2D eigenvalue weighted by Gasteiger charge is 2.19. The Kier molecular flexibility index (Phi) is 3.53. The third-order valence-corrected chi connectivity index (χ3v) is 5.29. The molecule has 4 nitrogen and oxygen atoms in total. The molecular formula is C17H14FN3OS. The lowest BCUT2D eigenvalue weighted by atomic mass is 9.97. The maximum Gasteiger partial charge on any atom is 0.282 e. The van der Waals surface area contributed by atoms with Crippen molar-refractivity contribution in [3.8, 4) is 0 Å². The highest BCUT2D eigenvalue weighted by Crippen LogP contribution is 2.33. The Bertz CT molecular complexity index is 974. The molecule has 0 spiro atoms. The second-order valence-electron chi connectivity index (χ2n) is 5.55. The number of aryl methyl sites for hydroxylation is 2. The summed E-state index contributed by atoms with van der Waals surface area (Å²) in [4.78, 5) is 19.1. The first-order valence-electron chi connectivity index (χ1n) is 7.55. The summed E-state index contributed by atoms with van der Waals surface area (Å²) >= 11 is 1.60. The van der Waals surface area contributed by atoms with Crippen molar-refractivity contribution in [1.82, 2.24) is 9.66 Å². The van der Waals surface area contributed by atoms with Gasteiger partial charge in [0.1, 0.15) is 17.0 Å². The van der Waals surface area contributed by atoms with Gasteiger partial charge in [-0.05, 0) is 37.3 Å². The summed E-state index contributed by atoms with van der Waals surface area (Å²) in [5.74, 6) is -0.369. The lowest BCUT2D eigenvalue weighted by molar-refractivity contribution is 0.625. The Morgan fingerprint density at radius 2 is 2.09 bits per heavy atom. The van der Waals surface area contributed by atoms with Crippen LogP contribution in [0, 0.1) is 5.82 Å². The molecule has 0 saturated heterocycles. The molecule has 6 heteroatoms. The van der Waals surface area contributed by atoms with Gasteiger partial charge in [-0.1, -0.05) is 18.2 Å². The van der Waals surface area contributed by atoms with E-state index >= 15 is 0 Å². The number of nitrogens with zero attached hydrogens (tertiary/aromatic N) is 3. The predicted molar refractivity (Wildman–Crippen MR) is 89.9 cm³/mol. The highest BCUT2D eigenvalue weighted by atomic mass is 32.1. The Morgan fingerprint density at radius 1 is 1.26 bits per heavy atom. The maximum atomic E-state index is 13.6. The van der Waals surface area contributed by atoms with Crippen LogP contribution in [0.3, 0.4) is 0 Å². The highest BCUT2D eigenvalue weighted by molar-refractivity contribution is 7.18. The Morgan fingerprint density at radius 3 is 2.96 bits per heavy atom. The average Bonchev–Trinajstić information content (AvgIpc) is 2.95. The van der Waals surface area contributed by atoms with E-state index in [2.05, 4.69) is 10.1 Å². The van der Waals surface area contributed by atoms with Crippen LogP contribution in [0.1, 0.15) is 28.8 Å². The van der Waals surface area contributed by atoms with Gasteiger partial charge >= 0.3 is 0 Å². The molecule has 0 saturated carbocycles. The molecule has 3 aromatic rings. The predicted octanol–water partition coefficient (Wildman–Crippen LogP) is 3.36. The van der Waals surface area contributed by atoms with Gasteiger partial charge in [0.05, 0.1) is 11.6 Å². The molecule has 0 N–H and O–H groups in total. The largest absolute Gasteiger partial charge is 0.282 e. The fourth-order valence-corrected chi connectivity index (χ4v) is 4.14. The van der Waals surface area contributed by atoms with Crippen LogP contribution in [-0.2, 0) is 12.8 Å². The van der Waals surface area contributed by atoms with Crippen LogP contribution in [0.2, 0.25) is 0 Å². The number of aromatic nitrogens is 2. The van der Waals surface area contributed by atoms with Crippen molar-refractivity contribution >= 4 is 27.8 Å². The molecule has 0 radical (unpaired) electrons. The van der Waals surface area contributed by atoms with Gasteiger partial charge in [-0.15, -0.1) is 11.3 Å². The van der Waals surface area contributed by atoms with E-state index in [1.807, 2.05) is 0 Å². The first kappa shape index (κ1) is 14.3. The fraction of sp³-hybridized carbons (Fsp3) is 0.235. The molecule has 116 valence electrons. The van der Waals surface area contributed by atoms with Gasteiger partial charge < -0.3 is 0 Å². The minimum Gasteiger partial charge on any atom is -0.267 e. The van der Waals surface area contributed by atoms with Crippen LogP contribution in [0.5, 0.6) is 0 Å². The van der Waals surface area contributed by atoms with E-state index in [-0.39, 0.29) is 11.4 Å². The van der Waals surface area contributed by atoms with Crippen molar-refractivity contribution < 1.29 is 4.39 Å². The number of hydrogen-bond acceptors (Lipinski definition) is 4. The lowest BCUT2D eigenvalue weighted by Crippen LogP contribution is -2.18. The summed E-state index contributed by atoms with van der Waals surface area (Å²) in [5, 5.41) is 4.78. The van der Waals surface area contributed by atoms with E-state index in [4.69, 9.17) is 0 Å². The number of hydrogen-bond donors (Lipinski definition) is 0. The molecule has 1 aliphatic carbocycles. The summed E-state index contributed by atoms with van der Waals surface area (Å²) in [6.45, 7) is 0. The minimum absolute atomic E-state index is 0.179. The van der Waals surface area contributed by atoms with Crippen molar-refractivity contribution in [1.29, 1.82) is 0 Å². The van der Waals surface area contributed by atoms with E-state index in [9.17, 15) is 9.18 Å². The van der Waals surface area contributed by atoms with E-state index < -0.39 is 0 Å². The number of benzene rings is 1. The smallest absolute Gasteiger partial charge is 0.267 e. The van der Waals surface area contributed by atoms with Crippen molar-refractivity contribution in [3.05, 3.63) is 62.8 Å². The maximum absolute atomic E-state index is 13.6. The Hall–Kier alpha value is -2.34. The fourth-order valence-electron chi connectivity index (χ4n) is 2.92. The Balaban J connectivity index is 1.81. The molecule has 2 heterocycles. The summed E-state index contributed by atoms with van der Waals surface area (Å²) in [6, 6.07) is 6.32. The lowest BCUT2D eigenvalue weighted by Gasteiger charge is -2.09. The molecule has 23 heavy (non-hydrogen) atoms. The zero-order valence-corrected chi connectivity index (χ0v) is 13.1. The van der Waals surface area contributed by atoms with Crippen molar-refractivity contribution in [2.75, 3.05) is 0 Å². The van der Waals surface area contributed by atoms with Gasteiger partial charge in [0.25, 0.3) is 5.56 Å². The molecule has 0 amide bonds. The van der Waals surface area contributed by atoms with Crippen LogP contribution in [0.25, 0.3) is 10.2 Å². The minimum atomic E-state index is -0.369. The molecule has 0 bridgehead atoms. The number of fused-ring (bicyclic) bond motifs is 3. The van der Waals surface area contributed by atoms with Gasteiger partial charge in [0, 0.05) is 10.4 Å². The summed E-state index contributed by atoms with van der Waals surface area (Å²) in [7, 11) is 0. The monoisotopic (exact) mass is 327 g/mol. The molecule has 0 atom stereocenters. The van der Waals surface area contributed by atoms with Crippen LogP contribution in [-0.4, -0.2) is 15.9 Å². The summed E-state index contributed by atoms with van der Waals surface area (Å²) < 4.78 is 14.8. The van der Waals surface area contributed by atoms with Gasteiger partial charge in [-0.3, -0.25) is 4.79 Å². The van der Waals surface area contributed by atoms with Gasteiger partial charge in [-0.25, -0.2) is 9.37 Å². The van der Waals surface area contributed by atoms with Crippen LogP contribution >= 0.6 is 11.3 Å². The van der Waals surface area contributed by atoms with Crippen LogP contribution in [0.4, 0.5) is 4.39 Å². The standard InChI is InChI=1S/C17H14FN3OS/c18-13-7-3-1-5-11(13)9-20-21-10-19-16-15(17(21)22)12-6-2-4-8-14(12)23-16/h1,3,5,7,9-10H,2,4,6,8H2/b20-9-. The van der Waals surface area contributed by atoms with Crippen molar-refractivity contribution in [3.63, 3.8) is 0 Å². The SMILES string of the molecule is O=c1c2c3c(sc2ncn1/N=C\c1ccccc1F)CCCC3. The third-order valence-electron chi connectivity index (χ3n) is 4.09. The molecule has 2 aromatic heterocycles. The van der Waals surface area contributed by atoms with Crippen LogP contribution < -0.4 is 5.56 Å². The number of thiophene rings is 1. The molecule has 1 aromatic carbocycles. The molecular weight excluding hydrogens is 313 g/mol. The quantitative estimate of drug-likeness (QED) is 0.678. The zero-order chi connectivity index (χ0) is 15.8. The molecule has 0 fully saturated rings. The number of halogens is 1. The molecule has 0 unspecified atom stereocenters. The first-order chi connectivity index (χ1) is 11.2. The average molecular weight is 327 g/mol. The van der Waals surface area contributed by atoms with E-state index in [1.165, 1.54) is 34.6 Å². The van der Waals surface area contributed by atoms with Crippen molar-refractivity contribution in [2.24, 2.45) is 5.10 Å². The van der Waals surface area contributed by atoms with E-state index in [1.54, 1.807) is 29.5 Å². The third kappa shape index (κ3) is 2.49. The Labute approximate surface area is 135 Å². The molecule has 4 rings (SSSR count). The van der Waals surface area contributed by atoms with Gasteiger partial charge in [-0.2, -0.15) is 9.78 Å². The zero-order valence-electron chi connectivity index (χ0n) is 12.3. The summed E-state index contributed by atoms with van der Waals surface area (Å²) in [6.07, 6.45) is 6.97. The second-order valence-corrected chi connectivity index (χ2v) is 6.64.